The van der Waals surface area contributed by atoms with Crippen LogP contribution in [0.5, 0.6) is 0 Å². The van der Waals surface area contributed by atoms with Crippen molar-refractivity contribution in [1.29, 1.82) is 0 Å². The lowest BCUT2D eigenvalue weighted by atomic mass is 10.0. The van der Waals surface area contributed by atoms with Crippen molar-refractivity contribution in [3.05, 3.63) is 28.8 Å². The molecular weight excluding hydrogens is 286 g/mol. The maximum atomic E-state index is 12.6. The number of nitrogens with zero attached hydrogens (tertiary/aromatic N) is 2. The summed E-state index contributed by atoms with van der Waals surface area (Å²) in [4.78, 5) is 16.9. The smallest absolute Gasteiger partial charge is 0.255 e. The third-order valence-corrected chi connectivity index (χ3v) is 4.58. The van der Waals surface area contributed by atoms with E-state index in [1.807, 2.05) is 11.9 Å². The lowest BCUT2D eigenvalue weighted by Gasteiger charge is -2.36. The second kappa shape index (κ2) is 7.14. The highest BCUT2D eigenvalue weighted by atomic mass is 35.5. The first kappa shape index (κ1) is 16.1. The molecule has 2 rings (SSSR count). The molecular formula is C16H24ClN3O. The molecule has 1 aliphatic rings. The molecule has 0 spiro atoms. The predicted molar refractivity (Wildman–Crippen MR) is 87.7 cm³/mol. The van der Waals surface area contributed by atoms with Crippen LogP contribution in [0.25, 0.3) is 0 Å². The van der Waals surface area contributed by atoms with Crippen molar-refractivity contribution in [2.24, 2.45) is 0 Å². The first-order chi connectivity index (χ1) is 10.0. The molecule has 21 heavy (non-hydrogen) atoms. The quantitative estimate of drug-likeness (QED) is 0.870. The molecule has 0 aromatic heterocycles. The maximum absolute atomic E-state index is 12.6. The molecule has 1 aliphatic heterocycles. The van der Waals surface area contributed by atoms with Gasteiger partial charge in [0.2, 0.25) is 0 Å². The summed E-state index contributed by atoms with van der Waals surface area (Å²) in [5.41, 5.74) is 6.80. The Balaban J connectivity index is 2.02. The number of likely N-dealkylation sites (tertiary alicyclic amines) is 1. The number of nitrogen functional groups attached to an aromatic ring is 1. The second-order valence-electron chi connectivity index (χ2n) is 5.69. The fourth-order valence-electron chi connectivity index (χ4n) is 2.93. The van der Waals surface area contributed by atoms with E-state index in [4.69, 9.17) is 17.3 Å². The molecule has 1 aromatic carbocycles. The molecule has 1 saturated heterocycles. The molecule has 5 heteroatoms. The molecule has 0 radical (unpaired) electrons. The Morgan fingerprint density at radius 2 is 2.10 bits per heavy atom. The monoisotopic (exact) mass is 309 g/mol. The summed E-state index contributed by atoms with van der Waals surface area (Å²) in [6, 6.07) is 5.50. The van der Waals surface area contributed by atoms with Gasteiger partial charge in [0.15, 0.2) is 0 Å². The fourth-order valence-corrected chi connectivity index (χ4v) is 3.10. The summed E-state index contributed by atoms with van der Waals surface area (Å²) in [6.45, 7) is 5.46. The van der Waals surface area contributed by atoms with Gasteiger partial charge in [0.25, 0.3) is 5.91 Å². The van der Waals surface area contributed by atoms with E-state index in [0.29, 0.717) is 16.3 Å². The number of piperidine rings is 1. The Hall–Kier alpha value is -1.26. The van der Waals surface area contributed by atoms with Gasteiger partial charge in [-0.25, -0.2) is 0 Å². The van der Waals surface area contributed by atoms with Crippen molar-refractivity contribution < 1.29 is 4.79 Å². The van der Waals surface area contributed by atoms with Gasteiger partial charge in [-0.05, 0) is 37.9 Å². The molecule has 1 amide bonds. The van der Waals surface area contributed by atoms with Crippen LogP contribution < -0.4 is 5.73 Å². The molecule has 1 fully saturated rings. The van der Waals surface area contributed by atoms with Crippen LogP contribution in [0.2, 0.25) is 5.02 Å². The number of carbonyl (C=O) groups is 1. The minimum Gasteiger partial charge on any atom is -0.397 e. The number of para-hydroxylation sites is 1. The molecule has 1 aromatic rings. The van der Waals surface area contributed by atoms with Crippen molar-refractivity contribution in [1.82, 2.24) is 9.80 Å². The van der Waals surface area contributed by atoms with Crippen molar-refractivity contribution in [2.75, 3.05) is 32.4 Å². The molecule has 0 saturated carbocycles. The van der Waals surface area contributed by atoms with Gasteiger partial charge in [0, 0.05) is 26.2 Å². The van der Waals surface area contributed by atoms with Gasteiger partial charge in [-0.15, -0.1) is 0 Å². The zero-order chi connectivity index (χ0) is 15.4. The Labute approximate surface area is 131 Å². The summed E-state index contributed by atoms with van der Waals surface area (Å²) in [7, 11) is 1.86. The summed E-state index contributed by atoms with van der Waals surface area (Å²) < 4.78 is 0. The molecule has 0 aliphatic carbocycles. The fraction of sp³-hybridized carbons (Fsp3) is 0.562. The molecule has 0 bridgehead atoms. The largest absolute Gasteiger partial charge is 0.397 e. The molecule has 2 N–H and O–H groups in total. The maximum Gasteiger partial charge on any atom is 0.255 e. The lowest BCUT2D eigenvalue weighted by molar-refractivity contribution is 0.0644. The third-order valence-electron chi connectivity index (χ3n) is 4.25. The Morgan fingerprint density at radius 1 is 1.43 bits per heavy atom. The van der Waals surface area contributed by atoms with Crippen LogP contribution in [0.1, 0.15) is 36.5 Å². The van der Waals surface area contributed by atoms with Crippen LogP contribution in [0.4, 0.5) is 5.69 Å². The molecule has 0 atom stereocenters. The van der Waals surface area contributed by atoms with E-state index in [1.165, 1.54) is 6.42 Å². The number of carbonyl (C=O) groups excluding carboxylic acids is 1. The third kappa shape index (κ3) is 3.69. The van der Waals surface area contributed by atoms with Crippen LogP contribution in [0.3, 0.4) is 0 Å². The lowest BCUT2D eigenvalue weighted by Crippen LogP contribution is -2.45. The van der Waals surface area contributed by atoms with Gasteiger partial charge in [0.05, 0.1) is 16.3 Å². The van der Waals surface area contributed by atoms with Gasteiger partial charge < -0.3 is 15.5 Å². The van der Waals surface area contributed by atoms with E-state index in [9.17, 15) is 4.79 Å². The number of anilines is 1. The van der Waals surface area contributed by atoms with Crippen molar-refractivity contribution >= 4 is 23.2 Å². The van der Waals surface area contributed by atoms with Gasteiger partial charge in [-0.2, -0.15) is 0 Å². The van der Waals surface area contributed by atoms with Crippen LogP contribution in [-0.4, -0.2) is 48.4 Å². The van der Waals surface area contributed by atoms with Crippen molar-refractivity contribution in [2.45, 2.75) is 32.2 Å². The summed E-state index contributed by atoms with van der Waals surface area (Å²) in [5.74, 6) is -0.0380. The number of benzene rings is 1. The second-order valence-corrected chi connectivity index (χ2v) is 6.10. The van der Waals surface area contributed by atoms with E-state index in [-0.39, 0.29) is 11.9 Å². The number of hydrogen-bond acceptors (Lipinski definition) is 3. The van der Waals surface area contributed by atoms with Crippen LogP contribution in [0.15, 0.2) is 18.2 Å². The first-order valence-corrected chi connectivity index (χ1v) is 7.96. The van der Waals surface area contributed by atoms with Crippen LogP contribution in [0, 0.1) is 0 Å². The molecule has 4 nitrogen and oxygen atoms in total. The highest BCUT2D eigenvalue weighted by Crippen LogP contribution is 2.25. The molecule has 0 unspecified atom stereocenters. The molecule has 116 valence electrons. The van der Waals surface area contributed by atoms with Gasteiger partial charge in [-0.3, -0.25) is 4.79 Å². The van der Waals surface area contributed by atoms with Crippen molar-refractivity contribution in [3.63, 3.8) is 0 Å². The highest BCUT2D eigenvalue weighted by molar-refractivity contribution is 6.33. The number of rotatable bonds is 4. The van der Waals surface area contributed by atoms with E-state index in [1.54, 1.807) is 18.2 Å². The summed E-state index contributed by atoms with van der Waals surface area (Å²) in [5, 5.41) is 0.437. The highest BCUT2D eigenvalue weighted by Gasteiger charge is 2.26. The topological polar surface area (TPSA) is 49.6 Å². The average molecular weight is 310 g/mol. The van der Waals surface area contributed by atoms with Gasteiger partial charge >= 0.3 is 0 Å². The van der Waals surface area contributed by atoms with E-state index in [2.05, 4.69) is 11.8 Å². The Bertz CT molecular complexity index is 498. The summed E-state index contributed by atoms with van der Waals surface area (Å²) in [6.07, 6.45) is 3.21. The van der Waals surface area contributed by atoms with E-state index >= 15 is 0 Å². The zero-order valence-corrected chi connectivity index (χ0v) is 13.6. The van der Waals surface area contributed by atoms with Crippen LogP contribution >= 0.6 is 11.6 Å². The summed E-state index contributed by atoms with van der Waals surface area (Å²) >= 11 is 6.00. The number of halogens is 1. The van der Waals surface area contributed by atoms with Crippen LogP contribution in [-0.2, 0) is 0 Å². The van der Waals surface area contributed by atoms with E-state index < -0.39 is 0 Å². The first-order valence-electron chi connectivity index (χ1n) is 7.58. The van der Waals surface area contributed by atoms with Crippen molar-refractivity contribution in [3.8, 4) is 0 Å². The standard InChI is InChI=1S/C16H24ClN3O/c1-3-9-20-10-7-12(8-11-20)19(2)16(21)13-5-4-6-14(17)15(13)18/h4-6,12H,3,7-11,18H2,1-2H3. The Kier molecular flexibility index (Phi) is 5.48. The number of hydrogen-bond donors (Lipinski definition) is 1. The van der Waals surface area contributed by atoms with Gasteiger partial charge in [0.1, 0.15) is 0 Å². The molecule has 1 heterocycles. The minimum atomic E-state index is -0.0380. The average Bonchev–Trinajstić information content (AvgIpc) is 2.50. The minimum absolute atomic E-state index is 0.0380. The Morgan fingerprint density at radius 3 is 2.71 bits per heavy atom. The van der Waals surface area contributed by atoms with Gasteiger partial charge in [-0.1, -0.05) is 24.6 Å². The SMILES string of the molecule is CCCN1CCC(N(C)C(=O)c2cccc(Cl)c2N)CC1. The van der Waals surface area contributed by atoms with E-state index in [0.717, 1.165) is 32.5 Å². The normalized spacial score (nSPS) is 16.9. The zero-order valence-electron chi connectivity index (χ0n) is 12.8. The number of amides is 1. The number of nitrogens with two attached hydrogens (primary N) is 1. The predicted octanol–water partition coefficient (Wildman–Crippen LogP) is 2.87.